The SMILES string of the molecule is COc1ccc(C)c2c1N[C@H](c1ccccc1Br)[C@@H]1CC=C[C@H]21. The standard InChI is InChI=1S/C20H20BrNO/c1-12-10-11-17(23-2)20-18(12)13-7-5-8-14(13)19(22-20)15-6-3-4-9-16(15)21/h3-7,9-11,13-14,19,22H,8H2,1-2H3/t13-,14+,19-/m0/s1. The van der Waals surface area contributed by atoms with Gasteiger partial charge >= 0.3 is 0 Å². The summed E-state index contributed by atoms with van der Waals surface area (Å²) in [4.78, 5) is 0. The first-order valence-corrected chi connectivity index (χ1v) is 8.85. The highest BCUT2D eigenvalue weighted by Gasteiger charge is 2.40. The minimum Gasteiger partial charge on any atom is -0.495 e. The fourth-order valence-corrected chi connectivity index (χ4v) is 4.61. The molecule has 2 aromatic carbocycles. The van der Waals surface area contributed by atoms with Crippen molar-refractivity contribution in [2.75, 3.05) is 12.4 Å². The number of nitrogens with one attached hydrogen (secondary N) is 1. The molecule has 1 heterocycles. The third-order valence-electron chi connectivity index (χ3n) is 5.16. The van der Waals surface area contributed by atoms with Crippen LogP contribution in [0.25, 0.3) is 0 Å². The average molecular weight is 370 g/mol. The van der Waals surface area contributed by atoms with Crippen LogP contribution in [0.2, 0.25) is 0 Å². The van der Waals surface area contributed by atoms with E-state index in [-0.39, 0.29) is 6.04 Å². The largest absolute Gasteiger partial charge is 0.495 e. The Kier molecular flexibility index (Phi) is 3.68. The lowest BCUT2D eigenvalue weighted by atomic mass is 9.75. The molecule has 2 nitrogen and oxygen atoms in total. The summed E-state index contributed by atoms with van der Waals surface area (Å²) in [6.45, 7) is 2.20. The molecule has 0 amide bonds. The number of halogens is 1. The third-order valence-corrected chi connectivity index (χ3v) is 5.88. The van der Waals surface area contributed by atoms with Crippen molar-refractivity contribution in [1.82, 2.24) is 0 Å². The fraction of sp³-hybridized carbons (Fsp3) is 0.300. The van der Waals surface area contributed by atoms with Crippen molar-refractivity contribution in [3.8, 4) is 5.75 Å². The number of fused-ring (bicyclic) bond motifs is 3. The lowest BCUT2D eigenvalue weighted by Gasteiger charge is -2.39. The van der Waals surface area contributed by atoms with Gasteiger partial charge < -0.3 is 10.1 Å². The van der Waals surface area contributed by atoms with Gasteiger partial charge in [0.1, 0.15) is 5.75 Å². The second kappa shape index (κ2) is 5.72. The molecule has 23 heavy (non-hydrogen) atoms. The van der Waals surface area contributed by atoms with E-state index in [2.05, 4.69) is 76.7 Å². The summed E-state index contributed by atoms with van der Waals surface area (Å²) < 4.78 is 6.80. The number of rotatable bonds is 2. The number of hydrogen-bond acceptors (Lipinski definition) is 2. The van der Waals surface area contributed by atoms with Gasteiger partial charge in [-0.15, -0.1) is 0 Å². The molecule has 0 unspecified atom stereocenters. The van der Waals surface area contributed by atoms with Crippen LogP contribution in [0.4, 0.5) is 5.69 Å². The minimum atomic E-state index is 0.286. The monoisotopic (exact) mass is 369 g/mol. The van der Waals surface area contributed by atoms with Gasteiger partial charge in [0.15, 0.2) is 0 Å². The molecular weight excluding hydrogens is 350 g/mol. The fourth-order valence-electron chi connectivity index (χ4n) is 4.08. The Hall–Kier alpha value is -1.74. The first-order valence-electron chi connectivity index (χ1n) is 8.06. The summed E-state index contributed by atoms with van der Waals surface area (Å²) in [5, 5.41) is 3.79. The lowest BCUT2D eigenvalue weighted by Crippen LogP contribution is -2.30. The van der Waals surface area contributed by atoms with E-state index >= 15 is 0 Å². The van der Waals surface area contributed by atoms with Gasteiger partial charge in [-0.05, 0) is 48.1 Å². The van der Waals surface area contributed by atoms with E-state index in [0.717, 1.165) is 17.9 Å². The maximum atomic E-state index is 5.63. The molecule has 3 atom stereocenters. The zero-order chi connectivity index (χ0) is 16.0. The van der Waals surface area contributed by atoms with Gasteiger partial charge in [-0.2, -0.15) is 0 Å². The number of benzene rings is 2. The summed E-state index contributed by atoms with van der Waals surface area (Å²) in [7, 11) is 1.75. The van der Waals surface area contributed by atoms with E-state index in [1.807, 2.05) is 0 Å². The maximum absolute atomic E-state index is 5.63. The van der Waals surface area contributed by atoms with E-state index in [1.165, 1.54) is 21.2 Å². The van der Waals surface area contributed by atoms with Crippen molar-refractivity contribution < 1.29 is 4.74 Å². The number of anilines is 1. The van der Waals surface area contributed by atoms with Gasteiger partial charge in [0, 0.05) is 10.4 Å². The summed E-state index contributed by atoms with van der Waals surface area (Å²) in [5.41, 5.74) is 5.20. The zero-order valence-corrected chi connectivity index (χ0v) is 14.9. The first kappa shape index (κ1) is 14.8. The molecule has 1 aliphatic heterocycles. The van der Waals surface area contributed by atoms with Gasteiger partial charge in [0.05, 0.1) is 18.8 Å². The van der Waals surface area contributed by atoms with Crippen molar-refractivity contribution in [2.45, 2.75) is 25.3 Å². The van der Waals surface area contributed by atoms with E-state index in [9.17, 15) is 0 Å². The topological polar surface area (TPSA) is 21.3 Å². The normalized spacial score (nSPS) is 24.7. The van der Waals surface area contributed by atoms with Crippen molar-refractivity contribution >= 4 is 21.6 Å². The van der Waals surface area contributed by atoms with Crippen LogP contribution in [0.3, 0.4) is 0 Å². The Morgan fingerprint density at radius 1 is 1.17 bits per heavy atom. The molecule has 0 bridgehead atoms. The van der Waals surface area contributed by atoms with E-state index in [4.69, 9.17) is 4.74 Å². The average Bonchev–Trinajstić information content (AvgIpc) is 3.04. The predicted octanol–water partition coefficient (Wildman–Crippen LogP) is 5.59. The maximum Gasteiger partial charge on any atom is 0.142 e. The molecule has 0 spiro atoms. The van der Waals surface area contributed by atoms with Gasteiger partial charge in [0.2, 0.25) is 0 Å². The minimum absolute atomic E-state index is 0.286. The molecule has 2 aromatic rings. The van der Waals surface area contributed by atoms with Crippen LogP contribution in [0, 0.1) is 12.8 Å². The van der Waals surface area contributed by atoms with E-state index in [1.54, 1.807) is 7.11 Å². The van der Waals surface area contributed by atoms with Crippen molar-refractivity contribution in [1.29, 1.82) is 0 Å². The Labute approximate surface area is 145 Å². The van der Waals surface area contributed by atoms with Gasteiger partial charge in [-0.1, -0.05) is 52.3 Å². The molecule has 0 aromatic heterocycles. The predicted molar refractivity (Wildman–Crippen MR) is 98.2 cm³/mol. The van der Waals surface area contributed by atoms with Gasteiger partial charge in [0.25, 0.3) is 0 Å². The van der Waals surface area contributed by atoms with Gasteiger partial charge in [-0.25, -0.2) is 0 Å². The summed E-state index contributed by atoms with van der Waals surface area (Å²) in [6.07, 6.45) is 5.81. The Bertz CT molecular complexity index is 783. The molecule has 0 fully saturated rings. The number of aryl methyl sites for hydroxylation is 1. The highest BCUT2D eigenvalue weighted by atomic mass is 79.9. The summed E-state index contributed by atoms with van der Waals surface area (Å²) >= 11 is 3.73. The molecule has 1 aliphatic carbocycles. The van der Waals surface area contributed by atoms with Crippen molar-refractivity contribution in [3.63, 3.8) is 0 Å². The molecule has 0 saturated carbocycles. The molecule has 0 radical (unpaired) electrons. The number of allylic oxidation sites excluding steroid dienone is 2. The second-order valence-electron chi connectivity index (χ2n) is 6.37. The van der Waals surface area contributed by atoms with Crippen LogP contribution >= 0.6 is 15.9 Å². The third kappa shape index (κ3) is 2.29. The lowest BCUT2D eigenvalue weighted by molar-refractivity contribution is 0.396. The molecule has 0 saturated heterocycles. The number of methoxy groups -OCH3 is 1. The van der Waals surface area contributed by atoms with E-state index in [0.29, 0.717) is 11.8 Å². The Morgan fingerprint density at radius 3 is 2.78 bits per heavy atom. The molecular formula is C20H20BrNO. The molecule has 2 aliphatic rings. The van der Waals surface area contributed by atoms with Crippen LogP contribution in [0.1, 0.15) is 35.1 Å². The van der Waals surface area contributed by atoms with Gasteiger partial charge in [-0.3, -0.25) is 0 Å². The second-order valence-corrected chi connectivity index (χ2v) is 7.22. The van der Waals surface area contributed by atoms with Crippen LogP contribution in [0.5, 0.6) is 5.75 Å². The van der Waals surface area contributed by atoms with Crippen LogP contribution < -0.4 is 10.1 Å². The Morgan fingerprint density at radius 2 is 2.00 bits per heavy atom. The van der Waals surface area contributed by atoms with Crippen LogP contribution in [-0.4, -0.2) is 7.11 Å². The van der Waals surface area contributed by atoms with Crippen molar-refractivity contribution in [3.05, 3.63) is 69.7 Å². The number of hydrogen-bond donors (Lipinski definition) is 1. The summed E-state index contributed by atoms with van der Waals surface area (Å²) in [6, 6.07) is 13.0. The zero-order valence-electron chi connectivity index (χ0n) is 13.3. The molecule has 4 rings (SSSR count). The summed E-state index contributed by atoms with van der Waals surface area (Å²) in [5.74, 6) is 1.94. The Balaban J connectivity index is 1.88. The highest BCUT2D eigenvalue weighted by molar-refractivity contribution is 9.10. The first-order chi connectivity index (χ1) is 11.2. The smallest absolute Gasteiger partial charge is 0.142 e. The quantitative estimate of drug-likeness (QED) is 0.696. The van der Waals surface area contributed by atoms with Crippen molar-refractivity contribution in [2.24, 2.45) is 5.92 Å². The molecule has 118 valence electrons. The molecule has 1 N–H and O–H groups in total. The highest BCUT2D eigenvalue weighted by Crippen LogP contribution is 2.53. The van der Waals surface area contributed by atoms with Crippen LogP contribution in [0.15, 0.2) is 53.0 Å². The number of ether oxygens (including phenoxy) is 1. The molecule has 3 heteroatoms. The van der Waals surface area contributed by atoms with Crippen LogP contribution in [-0.2, 0) is 0 Å². The van der Waals surface area contributed by atoms with E-state index < -0.39 is 0 Å².